The van der Waals surface area contributed by atoms with Crippen molar-refractivity contribution >= 4 is 17.7 Å². The molecule has 0 aliphatic carbocycles. The summed E-state index contributed by atoms with van der Waals surface area (Å²) in [6.07, 6.45) is 1.03. The molecule has 1 fully saturated rings. The van der Waals surface area contributed by atoms with Crippen LogP contribution in [-0.2, 0) is 4.79 Å². The molecule has 0 aromatic heterocycles. The number of hydrogen-bond acceptors (Lipinski definition) is 3. The van der Waals surface area contributed by atoms with Gasteiger partial charge in [-0.05, 0) is 31.4 Å². The van der Waals surface area contributed by atoms with E-state index in [0.717, 1.165) is 17.9 Å². The minimum Gasteiger partial charge on any atom is -0.368 e. The van der Waals surface area contributed by atoms with Gasteiger partial charge in [0.25, 0.3) is 0 Å². The SMILES string of the molecule is CC(C)NC1(C(N)=O)CSCCC1(C)C. The van der Waals surface area contributed by atoms with Crippen LogP contribution in [0.2, 0.25) is 0 Å². The fraction of sp³-hybridized carbons (Fsp3) is 0.909. The van der Waals surface area contributed by atoms with Crippen molar-refractivity contribution in [2.45, 2.75) is 45.7 Å². The summed E-state index contributed by atoms with van der Waals surface area (Å²) in [6.45, 7) is 8.37. The molecule has 15 heavy (non-hydrogen) atoms. The predicted octanol–water partition coefficient (Wildman–Crippen LogP) is 1.37. The first-order valence-corrected chi connectivity index (χ1v) is 6.63. The van der Waals surface area contributed by atoms with Gasteiger partial charge in [-0.2, -0.15) is 11.8 Å². The Morgan fingerprint density at radius 1 is 1.47 bits per heavy atom. The van der Waals surface area contributed by atoms with E-state index >= 15 is 0 Å². The van der Waals surface area contributed by atoms with Crippen LogP contribution in [0.15, 0.2) is 0 Å². The molecule has 0 bridgehead atoms. The van der Waals surface area contributed by atoms with E-state index in [-0.39, 0.29) is 17.4 Å². The Labute approximate surface area is 96.6 Å². The van der Waals surface area contributed by atoms with Crippen molar-refractivity contribution in [2.75, 3.05) is 11.5 Å². The summed E-state index contributed by atoms with van der Waals surface area (Å²) < 4.78 is 0. The van der Waals surface area contributed by atoms with Gasteiger partial charge in [0.15, 0.2) is 0 Å². The van der Waals surface area contributed by atoms with Gasteiger partial charge in [0.2, 0.25) is 5.91 Å². The van der Waals surface area contributed by atoms with Crippen molar-refractivity contribution in [3.05, 3.63) is 0 Å². The zero-order valence-corrected chi connectivity index (χ0v) is 10.9. The van der Waals surface area contributed by atoms with E-state index < -0.39 is 5.54 Å². The van der Waals surface area contributed by atoms with E-state index in [9.17, 15) is 4.79 Å². The van der Waals surface area contributed by atoms with Crippen molar-refractivity contribution in [1.82, 2.24) is 5.32 Å². The normalized spacial score (nSPS) is 30.5. The van der Waals surface area contributed by atoms with E-state index in [1.54, 1.807) is 0 Å². The number of hydrogen-bond donors (Lipinski definition) is 2. The third kappa shape index (κ3) is 2.31. The first kappa shape index (κ1) is 12.8. The van der Waals surface area contributed by atoms with Crippen molar-refractivity contribution < 1.29 is 4.79 Å². The molecule has 1 rings (SSSR count). The summed E-state index contributed by atoms with van der Waals surface area (Å²) in [6, 6.07) is 0.274. The van der Waals surface area contributed by atoms with Crippen LogP contribution in [0.4, 0.5) is 0 Å². The minimum atomic E-state index is -0.552. The Balaban J connectivity index is 3.01. The highest BCUT2D eigenvalue weighted by Gasteiger charge is 2.51. The van der Waals surface area contributed by atoms with E-state index in [1.807, 2.05) is 11.8 Å². The van der Waals surface area contributed by atoms with Crippen LogP contribution < -0.4 is 11.1 Å². The second kappa shape index (κ2) is 4.34. The van der Waals surface area contributed by atoms with Gasteiger partial charge in [-0.25, -0.2) is 0 Å². The summed E-state index contributed by atoms with van der Waals surface area (Å²) in [5.41, 5.74) is 5.00. The summed E-state index contributed by atoms with van der Waals surface area (Å²) in [4.78, 5) is 11.8. The van der Waals surface area contributed by atoms with Crippen molar-refractivity contribution in [3.63, 3.8) is 0 Å². The van der Waals surface area contributed by atoms with Gasteiger partial charge in [0.1, 0.15) is 5.54 Å². The van der Waals surface area contributed by atoms with Crippen LogP contribution in [0.25, 0.3) is 0 Å². The van der Waals surface area contributed by atoms with Gasteiger partial charge in [0, 0.05) is 11.8 Å². The first-order valence-electron chi connectivity index (χ1n) is 5.47. The Morgan fingerprint density at radius 2 is 2.07 bits per heavy atom. The highest BCUT2D eigenvalue weighted by atomic mass is 32.2. The second-order valence-electron chi connectivity index (χ2n) is 5.26. The first-order chi connectivity index (χ1) is 6.82. The number of rotatable bonds is 3. The van der Waals surface area contributed by atoms with Gasteiger partial charge in [-0.3, -0.25) is 10.1 Å². The molecule has 1 aliphatic heterocycles. The maximum atomic E-state index is 11.8. The predicted molar refractivity (Wildman–Crippen MR) is 65.9 cm³/mol. The molecular weight excluding hydrogens is 208 g/mol. The van der Waals surface area contributed by atoms with E-state index in [4.69, 9.17) is 5.73 Å². The molecule has 1 aliphatic rings. The van der Waals surface area contributed by atoms with Crippen LogP contribution in [0.1, 0.15) is 34.1 Å². The third-order valence-corrected chi connectivity index (χ3v) is 4.43. The van der Waals surface area contributed by atoms with Crippen LogP contribution in [-0.4, -0.2) is 29.0 Å². The van der Waals surface area contributed by atoms with Gasteiger partial charge in [-0.1, -0.05) is 13.8 Å². The lowest BCUT2D eigenvalue weighted by Gasteiger charge is -2.49. The maximum Gasteiger partial charge on any atom is 0.239 e. The lowest BCUT2D eigenvalue weighted by molar-refractivity contribution is -0.128. The minimum absolute atomic E-state index is 0.0612. The zero-order valence-electron chi connectivity index (χ0n) is 10.1. The van der Waals surface area contributed by atoms with Crippen molar-refractivity contribution in [1.29, 1.82) is 0 Å². The van der Waals surface area contributed by atoms with E-state index in [1.165, 1.54) is 0 Å². The highest BCUT2D eigenvalue weighted by Crippen LogP contribution is 2.42. The number of carbonyl (C=O) groups excluding carboxylic acids is 1. The summed E-state index contributed by atoms with van der Waals surface area (Å²) >= 11 is 1.81. The van der Waals surface area contributed by atoms with Gasteiger partial charge >= 0.3 is 0 Å². The van der Waals surface area contributed by atoms with Gasteiger partial charge < -0.3 is 5.73 Å². The maximum absolute atomic E-state index is 11.8. The molecule has 4 heteroatoms. The second-order valence-corrected chi connectivity index (χ2v) is 6.36. The number of nitrogens with one attached hydrogen (secondary N) is 1. The molecule has 0 aromatic rings. The Hall–Kier alpha value is -0.220. The third-order valence-electron chi connectivity index (χ3n) is 3.30. The number of carbonyl (C=O) groups is 1. The molecule has 3 nitrogen and oxygen atoms in total. The largest absolute Gasteiger partial charge is 0.368 e. The highest BCUT2D eigenvalue weighted by molar-refractivity contribution is 7.99. The lowest BCUT2D eigenvalue weighted by Crippen LogP contribution is -2.68. The summed E-state index contributed by atoms with van der Waals surface area (Å²) in [5, 5.41) is 3.39. The van der Waals surface area contributed by atoms with Gasteiger partial charge in [-0.15, -0.1) is 0 Å². The zero-order chi connectivity index (χ0) is 11.7. The molecule has 0 radical (unpaired) electrons. The molecule has 1 heterocycles. The summed E-state index contributed by atoms with van der Waals surface area (Å²) in [5.74, 6) is 1.68. The quantitative estimate of drug-likeness (QED) is 0.770. The fourth-order valence-electron chi connectivity index (χ4n) is 2.17. The average Bonchev–Trinajstić information content (AvgIpc) is 2.07. The number of thioether (sulfide) groups is 1. The molecule has 88 valence electrons. The van der Waals surface area contributed by atoms with Crippen LogP contribution in [0, 0.1) is 5.41 Å². The monoisotopic (exact) mass is 230 g/mol. The molecule has 0 spiro atoms. The standard InChI is InChI=1S/C11H22N2OS/c1-8(2)13-11(9(12)14)7-15-6-5-10(11,3)4/h8,13H,5-7H2,1-4H3,(H2,12,14). The molecule has 1 amide bonds. The van der Waals surface area contributed by atoms with Crippen LogP contribution in [0.5, 0.6) is 0 Å². The number of primary amides is 1. The number of amides is 1. The topological polar surface area (TPSA) is 55.1 Å². The Bertz CT molecular complexity index is 253. The molecule has 1 unspecified atom stereocenters. The molecule has 1 saturated heterocycles. The smallest absolute Gasteiger partial charge is 0.239 e. The van der Waals surface area contributed by atoms with Crippen LogP contribution in [0.3, 0.4) is 0 Å². The van der Waals surface area contributed by atoms with Crippen molar-refractivity contribution in [2.24, 2.45) is 11.1 Å². The van der Waals surface area contributed by atoms with E-state index in [0.29, 0.717) is 0 Å². The van der Waals surface area contributed by atoms with Gasteiger partial charge in [0.05, 0.1) is 0 Å². The van der Waals surface area contributed by atoms with E-state index in [2.05, 4.69) is 33.0 Å². The molecule has 0 saturated carbocycles. The molecule has 0 aromatic carbocycles. The molecular formula is C11H22N2OS. The Morgan fingerprint density at radius 3 is 2.47 bits per heavy atom. The molecule has 1 atom stereocenters. The lowest BCUT2D eigenvalue weighted by atomic mass is 9.70. The number of nitrogens with two attached hydrogens (primary N) is 1. The Kier molecular flexibility index (Phi) is 3.71. The van der Waals surface area contributed by atoms with Crippen LogP contribution >= 0.6 is 11.8 Å². The fourth-order valence-corrected chi connectivity index (χ4v) is 3.89. The summed E-state index contributed by atoms with van der Waals surface area (Å²) in [7, 11) is 0. The van der Waals surface area contributed by atoms with Crippen molar-refractivity contribution in [3.8, 4) is 0 Å². The molecule has 3 N–H and O–H groups in total. The average molecular weight is 230 g/mol.